The van der Waals surface area contributed by atoms with E-state index in [1.807, 2.05) is 55.3 Å². The molecule has 3 heterocycles. The molecule has 3 aromatic rings. The lowest BCUT2D eigenvalue weighted by atomic mass is 9.72. The second kappa shape index (κ2) is 8.97. The maximum atomic E-state index is 13.6. The Morgan fingerprint density at radius 2 is 1.74 bits per heavy atom. The summed E-state index contributed by atoms with van der Waals surface area (Å²) in [6.45, 7) is 3.50. The van der Waals surface area contributed by atoms with E-state index in [0.717, 1.165) is 34.7 Å². The number of piperidine rings is 1. The number of aryl methyl sites for hydroxylation is 2. The summed E-state index contributed by atoms with van der Waals surface area (Å²) in [5, 5.41) is 7.50. The molecule has 4 bridgehead atoms. The number of rotatable bonds is 1. The van der Waals surface area contributed by atoms with Crippen molar-refractivity contribution in [3.63, 3.8) is 0 Å². The highest BCUT2D eigenvalue weighted by atomic mass is 16.5. The molecule has 34 heavy (non-hydrogen) atoms. The first-order chi connectivity index (χ1) is 16.4. The van der Waals surface area contributed by atoms with E-state index < -0.39 is 5.41 Å². The Kier molecular flexibility index (Phi) is 5.86. The summed E-state index contributed by atoms with van der Waals surface area (Å²) >= 11 is 0. The number of hydrogen-bond donors (Lipinski definition) is 1. The van der Waals surface area contributed by atoms with Crippen LogP contribution in [0, 0.1) is 12.3 Å². The third kappa shape index (κ3) is 4.42. The zero-order chi connectivity index (χ0) is 23.7. The van der Waals surface area contributed by atoms with Crippen LogP contribution < -0.4 is 10.1 Å². The number of ether oxygens (including phenoxy) is 1. The third-order valence-electron chi connectivity index (χ3n) is 7.01. The molecule has 176 valence electrons. The summed E-state index contributed by atoms with van der Waals surface area (Å²) in [4.78, 5) is 28.5. The van der Waals surface area contributed by atoms with Gasteiger partial charge < -0.3 is 15.0 Å². The normalized spacial score (nSPS) is 17.7. The first kappa shape index (κ1) is 22.2. The van der Waals surface area contributed by atoms with Gasteiger partial charge in [0.25, 0.3) is 5.91 Å². The Morgan fingerprint density at radius 1 is 1.06 bits per heavy atom. The molecule has 1 saturated heterocycles. The molecule has 2 aliphatic heterocycles. The molecule has 1 N–H and O–H groups in total. The molecule has 1 aromatic heterocycles. The lowest BCUT2D eigenvalue weighted by molar-refractivity contribution is -0.133. The summed E-state index contributed by atoms with van der Waals surface area (Å²) in [7, 11) is 1.82. The maximum Gasteiger partial charge on any atom is 0.257 e. The Bertz CT molecular complexity index is 1220. The van der Waals surface area contributed by atoms with Crippen molar-refractivity contribution in [3.8, 4) is 11.5 Å². The molecule has 0 saturated carbocycles. The van der Waals surface area contributed by atoms with Gasteiger partial charge in [-0.25, -0.2) is 0 Å². The summed E-state index contributed by atoms with van der Waals surface area (Å²) < 4.78 is 7.79. The molecule has 2 aromatic carbocycles. The van der Waals surface area contributed by atoms with Gasteiger partial charge in [-0.3, -0.25) is 14.3 Å². The summed E-state index contributed by atoms with van der Waals surface area (Å²) in [6, 6.07) is 16.0. The molecule has 0 unspecified atom stereocenters. The van der Waals surface area contributed by atoms with Crippen LogP contribution in [-0.4, -0.2) is 46.1 Å². The lowest BCUT2D eigenvalue weighted by Gasteiger charge is -2.41. The van der Waals surface area contributed by atoms with Gasteiger partial charge in [0.2, 0.25) is 5.91 Å². The molecule has 2 aliphatic rings. The van der Waals surface area contributed by atoms with Crippen molar-refractivity contribution >= 4 is 11.8 Å². The number of fused-ring (bicyclic) bond motifs is 4. The van der Waals surface area contributed by atoms with Gasteiger partial charge in [0.1, 0.15) is 11.5 Å². The van der Waals surface area contributed by atoms with Gasteiger partial charge in [0, 0.05) is 32.9 Å². The lowest BCUT2D eigenvalue weighted by Crippen LogP contribution is -2.51. The number of amides is 2. The van der Waals surface area contributed by atoms with E-state index >= 15 is 0 Å². The minimum absolute atomic E-state index is 0.0137. The van der Waals surface area contributed by atoms with E-state index in [9.17, 15) is 9.59 Å². The zero-order valence-electron chi connectivity index (χ0n) is 19.7. The number of carbonyl (C=O) groups is 2. The average molecular weight is 459 g/mol. The van der Waals surface area contributed by atoms with Crippen LogP contribution in [0.2, 0.25) is 0 Å². The van der Waals surface area contributed by atoms with Crippen LogP contribution in [-0.2, 0) is 24.7 Å². The van der Waals surface area contributed by atoms with Gasteiger partial charge in [-0.05, 0) is 68.0 Å². The topological polar surface area (TPSA) is 76.5 Å². The minimum Gasteiger partial charge on any atom is -0.457 e. The predicted octanol–water partition coefficient (Wildman–Crippen LogP) is 3.66. The number of benzene rings is 2. The van der Waals surface area contributed by atoms with Gasteiger partial charge in [-0.2, -0.15) is 5.10 Å². The molecule has 0 radical (unpaired) electrons. The van der Waals surface area contributed by atoms with E-state index in [-0.39, 0.29) is 11.8 Å². The molecular weight excluding hydrogens is 428 g/mol. The number of likely N-dealkylation sites (tertiary alicyclic amines) is 1. The summed E-state index contributed by atoms with van der Waals surface area (Å²) in [6.07, 6.45) is 4.35. The molecule has 1 spiro atoms. The highest BCUT2D eigenvalue weighted by Crippen LogP contribution is 2.37. The first-order valence-corrected chi connectivity index (χ1v) is 11.9. The van der Waals surface area contributed by atoms with Crippen LogP contribution in [0.1, 0.15) is 40.0 Å². The first-order valence-electron chi connectivity index (χ1n) is 11.9. The predicted molar refractivity (Wildman–Crippen MR) is 129 cm³/mol. The van der Waals surface area contributed by atoms with Crippen molar-refractivity contribution in [1.82, 2.24) is 20.0 Å². The Morgan fingerprint density at radius 3 is 2.41 bits per heavy atom. The fraction of sp³-hybridized carbons (Fsp3) is 0.370. The second-order valence-electron chi connectivity index (χ2n) is 9.45. The molecule has 0 atom stereocenters. The molecule has 5 rings (SSSR count). The molecule has 1 fully saturated rings. The van der Waals surface area contributed by atoms with Gasteiger partial charge >= 0.3 is 0 Å². The second-order valence-corrected chi connectivity index (χ2v) is 9.45. The maximum absolute atomic E-state index is 13.6. The van der Waals surface area contributed by atoms with Crippen LogP contribution in [0.3, 0.4) is 0 Å². The number of aromatic nitrogens is 2. The van der Waals surface area contributed by atoms with Crippen LogP contribution in [0.4, 0.5) is 0 Å². The van der Waals surface area contributed by atoms with Crippen molar-refractivity contribution in [3.05, 3.63) is 77.1 Å². The summed E-state index contributed by atoms with van der Waals surface area (Å²) in [5.41, 5.74) is 2.98. The number of carbonyl (C=O) groups excluding carboxylic acids is 2. The number of nitrogens with one attached hydrogen (secondary N) is 1. The largest absolute Gasteiger partial charge is 0.457 e. The van der Waals surface area contributed by atoms with Crippen LogP contribution >= 0.6 is 0 Å². The van der Waals surface area contributed by atoms with E-state index in [0.29, 0.717) is 44.5 Å². The van der Waals surface area contributed by atoms with Crippen molar-refractivity contribution in [2.75, 3.05) is 19.6 Å². The van der Waals surface area contributed by atoms with Crippen molar-refractivity contribution in [1.29, 1.82) is 0 Å². The monoisotopic (exact) mass is 458 g/mol. The third-order valence-corrected chi connectivity index (χ3v) is 7.01. The molecule has 0 aliphatic carbocycles. The average Bonchev–Trinajstić information content (AvgIpc) is 3.17. The quantitative estimate of drug-likeness (QED) is 0.604. The fourth-order valence-corrected chi connectivity index (χ4v) is 5.12. The molecule has 2 amide bonds. The van der Waals surface area contributed by atoms with Gasteiger partial charge in [-0.1, -0.05) is 24.3 Å². The smallest absolute Gasteiger partial charge is 0.257 e. The Labute approximate surface area is 199 Å². The van der Waals surface area contributed by atoms with Crippen molar-refractivity contribution < 1.29 is 14.3 Å². The highest BCUT2D eigenvalue weighted by molar-refractivity contribution is 5.95. The van der Waals surface area contributed by atoms with Crippen LogP contribution in [0.15, 0.2) is 54.7 Å². The van der Waals surface area contributed by atoms with E-state index in [1.54, 1.807) is 10.9 Å². The van der Waals surface area contributed by atoms with Crippen molar-refractivity contribution in [2.24, 2.45) is 12.5 Å². The van der Waals surface area contributed by atoms with Crippen LogP contribution in [0.5, 0.6) is 11.5 Å². The summed E-state index contributed by atoms with van der Waals surface area (Å²) in [5.74, 6) is 1.62. The van der Waals surface area contributed by atoms with Crippen molar-refractivity contribution in [2.45, 2.75) is 32.6 Å². The number of nitrogens with zero attached hydrogens (tertiary/aromatic N) is 3. The van der Waals surface area contributed by atoms with Gasteiger partial charge in [0.15, 0.2) is 0 Å². The van der Waals surface area contributed by atoms with E-state index in [1.165, 1.54) is 0 Å². The fourth-order valence-electron chi connectivity index (χ4n) is 5.12. The molecule has 7 heteroatoms. The SMILES string of the molecule is Cc1nn(C)cc1C(=O)N1CCC2(CC1)Cc1cccc(c1)Oc1cccc(c1)CCNC2=O. The zero-order valence-corrected chi connectivity index (χ0v) is 19.7. The van der Waals surface area contributed by atoms with E-state index in [2.05, 4.69) is 22.5 Å². The highest BCUT2D eigenvalue weighted by Gasteiger charge is 2.42. The van der Waals surface area contributed by atoms with Gasteiger partial charge in [-0.15, -0.1) is 0 Å². The Hall–Kier alpha value is -3.61. The van der Waals surface area contributed by atoms with E-state index in [4.69, 9.17) is 4.74 Å². The molecular formula is C27H30N4O3. The number of hydrogen-bond acceptors (Lipinski definition) is 4. The minimum atomic E-state index is -0.563. The van der Waals surface area contributed by atoms with Crippen LogP contribution in [0.25, 0.3) is 0 Å². The Balaban J connectivity index is 1.39. The van der Waals surface area contributed by atoms with Gasteiger partial charge in [0.05, 0.1) is 16.7 Å². The standard InChI is InChI=1S/C27H30N4O3/c1-19-24(18-30(2)29-19)25(32)31-13-10-27(11-14-31)17-21-6-4-8-23(16-21)34-22-7-3-5-20(15-22)9-12-28-26(27)33/h3-8,15-16,18H,9-14,17H2,1-2H3,(H,28,33). The molecule has 7 nitrogen and oxygen atoms in total.